The Balaban J connectivity index is 1.68. The fourth-order valence-electron chi connectivity index (χ4n) is 3.45. The van der Waals surface area contributed by atoms with Gasteiger partial charge in [0, 0.05) is 22.1 Å². The van der Waals surface area contributed by atoms with Gasteiger partial charge in [-0.3, -0.25) is 4.79 Å². The monoisotopic (exact) mass is 489 g/mol. The Morgan fingerprint density at radius 2 is 1.74 bits per heavy atom. The molecule has 31 heavy (non-hydrogen) atoms. The number of amidine groups is 1. The predicted molar refractivity (Wildman–Crippen MR) is 132 cm³/mol. The van der Waals surface area contributed by atoms with Crippen LogP contribution in [0.1, 0.15) is 22.5 Å². The first-order valence-corrected chi connectivity index (χ1v) is 11.4. The number of hydrogen-bond donors (Lipinski definition) is 1. The largest absolute Gasteiger partial charge is 0.318 e. The van der Waals surface area contributed by atoms with Gasteiger partial charge >= 0.3 is 0 Å². The van der Waals surface area contributed by atoms with E-state index < -0.39 is 0 Å². The molecule has 1 saturated heterocycles. The first-order valence-electron chi connectivity index (χ1n) is 9.44. The number of benzene rings is 2. The average molecular weight is 491 g/mol. The summed E-state index contributed by atoms with van der Waals surface area (Å²) in [6, 6.07) is 13.1. The SMILES string of the molecule is Cc1c(Cl)cccc1-n1c(C)cc(/C=C2/SC(=Nc3cccc(Cl)c3Cl)NC2=O)c1C. The lowest BCUT2D eigenvalue weighted by Crippen LogP contribution is -2.19. The molecule has 1 amide bonds. The molecule has 1 N–H and O–H groups in total. The standard InChI is InChI=1S/C23H18Cl3N3OS/c1-12-10-15(14(3)29(12)19-9-5-6-16(24)13(19)2)11-20-22(30)28-23(31-20)27-18-8-4-7-17(25)21(18)26/h4-11H,1-3H3,(H,27,28,30)/b20-11+. The number of aromatic nitrogens is 1. The maximum absolute atomic E-state index is 12.5. The van der Waals surface area contributed by atoms with Gasteiger partial charge in [0.25, 0.3) is 5.91 Å². The molecule has 0 saturated carbocycles. The second-order valence-electron chi connectivity index (χ2n) is 7.10. The third-order valence-electron chi connectivity index (χ3n) is 5.04. The summed E-state index contributed by atoms with van der Waals surface area (Å²) in [4.78, 5) is 17.5. The number of nitrogens with one attached hydrogen (secondary N) is 1. The summed E-state index contributed by atoms with van der Waals surface area (Å²) in [5.41, 5.74) is 5.56. The van der Waals surface area contributed by atoms with Crippen molar-refractivity contribution in [3.8, 4) is 5.69 Å². The van der Waals surface area contributed by atoms with Crippen LogP contribution in [0.2, 0.25) is 15.1 Å². The molecular weight excluding hydrogens is 473 g/mol. The Kier molecular flexibility index (Phi) is 6.22. The van der Waals surface area contributed by atoms with Crippen molar-refractivity contribution in [2.24, 2.45) is 4.99 Å². The number of carbonyl (C=O) groups is 1. The Morgan fingerprint density at radius 1 is 1.03 bits per heavy atom. The van der Waals surface area contributed by atoms with Gasteiger partial charge in [0.15, 0.2) is 5.17 Å². The summed E-state index contributed by atoms with van der Waals surface area (Å²) in [5, 5.41) is 4.73. The maximum atomic E-state index is 12.5. The molecule has 4 nitrogen and oxygen atoms in total. The van der Waals surface area contributed by atoms with Gasteiger partial charge in [0.05, 0.1) is 20.6 Å². The van der Waals surface area contributed by atoms with Crippen molar-refractivity contribution in [2.45, 2.75) is 20.8 Å². The van der Waals surface area contributed by atoms with Crippen LogP contribution in [0.25, 0.3) is 11.8 Å². The minimum absolute atomic E-state index is 0.203. The van der Waals surface area contributed by atoms with E-state index in [-0.39, 0.29) is 5.91 Å². The van der Waals surface area contributed by atoms with Crippen LogP contribution >= 0.6 is 46.6 Å². The second-order valence-corrected chi connectivity index (χ2v) is 9.32. The van der Waals surface area contributed by atoms with Crippen LogP contribution in [0.3, 0.4) is 0 Å². The third kappa shape index (κ3) is 4.28. The first-order chi connectivity index (χ1) is 14.8. The number of rotatable bonds is 3. The smallest absolute Gasteiger partial charge is 0.264 e. The van der Waals surface area contributed by atoms with Crippen molar-refractivity contribution >= 4 is 69.4 Å². The van der Waals surface area contributed by atoms with Gasteiger partial charge in [0.1, 0.15) is 0 Å². The molecule has 0 spiro atoms. The highest BCUT2D eigenvalue weighted by atomic mass is 35.5. The van der Waals surface area contributed by atoms with E-state index in [1.165, 1.54) is 11.8 Å². The molecule has 2 heterocycles. The number of nitrogens with zero attached hydrogens (tertiary/aromatic N) is 2. The molecule has 3 aromatic rings. The molecule has 2 aromatic carbocycles. The zero-order valence-electron chi connectivity index (χ0n) is 17.0. The summed E-state index contributed by atoms with van der Waals surface area (Å²) < 4.78 is 2.14. The molecule has 8 heteroatoms. The zero-order chi connectivity index (χ0) is 22.3. The van der Waals surface area contributed by atoms with Gasteiger partial charge in [-0.1, -0.05) is 46.9 Å². The van der Waals surface area contributed by atoms with E-state index in [9.17, 15) is 4.79 Å². The summed E-state index contributed by atoms with van der Waals surface area (Å²) in [6.07, 6.45) is 1.88. The summed E-state index contributed by atoms with van der Waals surface area (Å²) in [7, 11) is 0. The van der Waals surface area contributed by atoms with Crippen LogP contribution in [-0.2, 0) is 4.79 Å². The molecule has 158 valence electrons. The van der Waals surface area contributed by atoms with Crippen LogP contribution in [0, 0.1) is 20.8 Å². The molecule has 4 rings (SSSR count). The van der Waals surface area contributed by atoms with Gasteiger partial charge in [-0.2, -0.15) is 0 Å². The molecule has 1 fully saturated rings. The van der Waals surface area contributed by atoms with Crippen molar-refractivity contribution in [3.63, 3.8) is 0 Å². The molecule has 0 bridgehead atoms. The highest BCUT2D eigenvalue weighted by Gasteiger charge is 2.25. The predicted octanol–water partition coefficient (Wildman–Crippen LogP) is 7.25. The zero-order valence-corrected chi connectivity index (χ0v) is 20.0. The first kappa shape index (κ1) is 22.0. The van der Waals surface area contributed by atoms with E-state index >= 15 is 0 Å². The van der Waals surface area contributed by atoms with Gasteiger partial charge in [-0.15, -0.1) is 0 Å². The molecule has 0 radical (unpaired) electrons. The van der Waals surface area contributed by atoms with Crippen LogP contribution in [-0.4, -0.2) is 15.6 Å². The van der Waals surface area contributed by atoms with E-state index in [1.807, 2.05) is 45.0 Å². The number of aryl methyl sites for hydroxylation is 1. The summed E-state index contributed by atoms with van der Waals surface area (Å²) in [5.74, 6) is -0.203. The molecule has 1 aromatic heterocycles. The number of hydrogen-bond acceptors (Lipinski definition) is 3. The number of halogens is 3. The maximum Gasteiger partial charge on any atom is 0.264 e. The van der Waals surface area contributed by atoms with Crippen LogP contribution < -0.4 is 5.32 Å². The Labute approximate surface area is 199 Å². The lowest BCUT2D eigenvalue weighted by atomic mass is 10.2. The van der Waals surface area contributed by atoms with Crippen molar-refractivity contribution in [1.29, 1.82) is 0 Å². The lowest BCUT2D eigenvalue weighted by Gasteiger charge is -2.13. The number of aliphatic imine (C=N–C) groups is 1. The van der Waals surface area contributed by atoms with Crippen molar-refractivity contribution in [1.82, 2.24) is 9.88 Å². The summed E-state index contributed by atoms with van der Waals surface area (Å²) in [6.45, 7) is 6.06. The minimum Gasteiger partial charge on any atom is -0.318 e. The molecule has 1 aliphatic heterocycles. The van der Waals surface area contributed by atoms with Crippen molar-refractivity contribution in [3.05, 3.63) is 85.0 Å². The van der Waals surface area contributed by atoms with Crippen LogP contribution in [0.15, 0.2) is 52.4 Å². The highest BCUT2D eigenvalue weighted by molar-refractivity contribution is 8.18. The van der Waals surface area contributed by atoms with Gasteiger partial charge in [0.2, 0.25) is 0 Å². The third-order valence-corrected chi connectivity index (χ3v) is 7.17. The number of carbonyl (C=O) groups excluding carboxylic acids is 1. The van der Waals surface area contributed by atoms with E-state index in [2.05, 4.69) is 20.9 Å². The average Bonchev–Trinajstić information content (AvgIpc) is 3.20. The Hall–Kier alpha value is -2.18. The molecule has 1 aliphatic rings. The fraction of sp³-hybridized carbons (Fsp3) is 0.130. The van der Waals surface area contributed by atoms with Crippen molar-refractivity contribution in [2.75, 3.05) is 0 Å². The highest BCUT2D eigenvalue weighted by Crippen LogP contribution is 2.35. The topological polar surface area (TPSA) is 46.4 Å². The normalized spacial score (nSPS) is 16.4. The molecule has 0 aliphatic carbocycles. The quantitative estimate of drug-likeness (QED) is 0.393. The number of amides is 1. The second kappa shape index (κ2) is 8.75. The van der Waals surface area contributed by atoms with E-state index in [4.69, 9.17) is 34.8 Å². The van der Waals surface area contributed by atoms with E-state index in [0.717, 1.165) is 33.2 Å². The van der Waals surface area contributed by atoms with Gasteiger partial charge in [-0.25, -0.2) is 4.99 Å². The van der Waals surface area contributed by atoms with E-state index in [1.54, 1.807) is 18.2 Å². The van der Waals surface area contributed by atoms with Gasteiger partial charge in [-0.05, 0) is 80.1 Å². The minimum atomic E-state index is -0.203. The van der Waals surface area contributed by atoms with Gasteiger partial charge < -0.3 is 9.88 Å². The van der Waals surface area contributed by atoms with Crippen molar-refractivity contribution < 1.29 is 4.79 Å². The summed E-state index contributed by atoms with van der Waals surface area (Å²) >= 11 is 19.9. The molecule has 0 unspecified atom stereocenters. The molecule has 0 atom stereocenters. The lowest BCUT2D eigenvalue weighted by molar-refractivity contribution is -0.115. The Bertz CT molecular complexity index is 1280. The number of thioether (sulfide) groups is 1. The van der Waals surface area contributed by atoms with E-state index in [0.29, 0.717) is 25.8 Å². The molecular formula is C23H18Cl3N3OS. The van der Waals surface area contributed by atoms with Crippen LogP contribution in [0.5, 0.6) is 0 Å². The Morgan fingerprint density at radius 3 is 2.52 bits per heavy atom. The fourth-order valence-corrected chi connectivity index (χ4v) is 4.79. The van der Waals surface area contributed by atoms with Crippen LogP contribution in [0.4, 0.5) is 5.69 Å².